The van der Waals surface area contributed by atoms with Crippen molar-refractivity contribution < 1.29 is 9.53 Å². The van der Waals surface area contributed by atoms with Crippen molar-refractivity contribution in [2.75, 3.05) is 20.2 Å². The SMILES string of the molecule is COc1ccc(C2CCCN2C(=O)C(C)CN)cc1.Cl. The number of amides is 1. The Bertz CT molecular complexity index is 436. The molecule has 4 nitrogen and oxygen atoms in total. The lowest BCUT2D eigenvalue weighted by atomic mass is 10.0. The van der Waals surface area contributed by atoms with Gasteiger partial charge in [-0.25, -0.2) is 0 Å². The molecular formula is C15H23ClN2O2. The minimum Gasteiger partial charge on any atom is -0.497 e. The third kappa shape index (κ3) is 3.44. The fourth-order valence-electron chi connectivity index (χ4n) is 2.59. The maximum atomic E-state index is 12.3. The number of nitrogens with zero attached hydrogens (tertiary/aromatic N) is 1. The number of methoxy groups -OCH3 is 1. The van der Waals surface area contributed by atoms with Crippen molar-refractivity contribution in [3.8, 4) is 5.75 Å². The average Bonchev–Trinajstić information content (AvgIpc) is 2.95. The lowest BCUT2D eigenvalue weighted by Gasteiger charge is -2.27. The molecule has 1 aromatic carbocycles. The first kappa shape index (κ1) is 16.8. The third-order valence-electron chi connectivity index (χ3n) is 3.81. The molecule has 1 amide bonds. The molecule has 5 heteroatoms. The molecule has 1 heterocycles. The fourth-order valence-corrected chi connectivity index (χ4v) is 2.59. The van der Waals surface area contributed by atoms with E-state index in [-0.39, 0.29) is 30.3 Å². The van der Waals surface area contributed by atoms with Crippen LogP contribution in [0.5, 0.6) is 5.75 Å². The topological polar surface area (TPSA) is 55.6 Å². The number of ether oxygens (including phenoxy) is 1. The van der Waals surface area contributed by atoms with Gasteiger partial charge in [0.1, 0.15) is 5.75 Å². The lowest BCUT2D eigenvalue weighted by molar-refractivity contribution is -0.135. The van der Waals surface area contributed by atoms with E-state index in [0.29, 0.717) is 6.54 Å². The van der Waals surface area contributed by atoms with Crippen LogP contribution in [0.3, 0.4) is 0 Å². The summed E-state index contributed by atoms with van der Waals surface area (Å²) in [6.07, 6.45) is 2.08. The van der Waals surface area contributed by atoms with Crippen LogP contribution in [0.25, 0.3) is 0 Å². The van der Waals surface area contributed by atoms with E-state index in [1.165, 1.54) is 5.56 Å². The molecule has 0 aromatic heterocycles. The Morgan fingerprint density at radius 3 is 2.65 bits per heavy atom. The molecule has 20 heavy (non-hydrogen) atoms. The van der Waals surface area contributed by atoms with Gasteiger partial charge in [0.25, 0.3) is 0 Å². The van der Waals surface area contributed by atoms with Crippen LogP contribution < -0.4 is 10.5 Å². The molecule has 0 bridgehead atoms. The fraction of sp³-hybridized carbons (Fsp3) is 0.533. The van der Waals surface area contributed by atoms with Gasteiger partial charge >= 0.3 is 0 Å². The Kier molecular flexibility index (Phi) is 6.30. The summed E-state index contributed by atoms with van der Waals surface area (Å²) in [5, 5.41) is 0. The van der Waals surface area contributed by atoms with Gasteiger partial charge < -0.3 is 15.4 Å². The molecule has 1 aliphatic heterocycles. The summed E-state index contributed by atoms with van der Waals surface area (Å²) in [7, 11) is 1.66. The minimum atomic E-state index is -0.0983. The first-order valence-corrected chi connectivity index (χ1v) is 6.82. The molecule has 1 fully saturated rings. The van der Waals surface area contributed by atoms with Crippen molar-refractivity contribution in [1.29, 1.82) is 0 Å². The van der Waals surface area contributed by atoms with Gasteiger partial charge in [0, 0.05) is 19.0 Å². The summed E-state index contributed by atoms with van der Waals surface area (Å²) >= 11 is 0. The standard InChI is InChI=1S/C15H22N2O2.ClH/c1-11(10-16)15(18)17-9-3-4-14(17)12-5-7-13(19-2)8-6-12;/h5-8,11,14H,3-4,9-10,16H2,1-2H3;1H. The minimum absolute atomic E-state index is 0. The highest BCUT2D eigenvalue weighted by atomic mass is 35.5. The van der Waals surface area contributed by atoms with Crippen LogP contribution in [0.2, 0.25) is 0 Å². The molecule has 0 radical (unpaired) electrons. The summed E-state index contributed by atoms with van der Waals surface area (Å²) in [6, 6.07) is 8.17. The number of hydrogen-bond donors (Lipinski definition) is 1. The smallest absolute Gasteiger partial charge is 0.227 e. The van der Waals surface area contributed by atoms with E-state index in [2.05, 4.69) is 0 Å². The Morgan fingerprint density at radius 1 is 1.45 bits per heavy atom. The zero-order valence-corrected chi connectivity index (χ0v) is 12.9. The molecule has 0 aliphatic carbocycles. The van der Waals surface area contributed by atoms with Crippen molar-refractivity contribution >= 4 is 18.3 Å². The Balaban J connectivity index is 0.00000200. The van der Waals surface area contributed by atoms with Crippen LogP contribution in [0.4, 0.5) is 0 Å². The van der Waals surface area contributed by atoms with E-state index < -0.39 is 0 Å². The third-order valence-corrected chi connectivity index (χ3v) is 3.81. The van der Waals surface area contributed by atoms with Crippen molar-refractivity contribution in [2.24, 2.45) is 11.7 Å². The van der Waals surface area contributed by atoms with Gasteiger partial charge in [0.05, 0.1) is 13.2 Å². The monoisotopic (exact) mass is 298 g/mol. The van der Waals surface area contributed by atoms with Crippen LogP contribution in [0.15, 0.2) is 24.3 Å². The highest BCUT2D eigenvalue weighted by molar-refractivity contribution is 5.85. The van der Waals surface area contributed by atoms with Gasteiger partial charge in [0.15, 0.2) is 0 Å². The second-order valence-corrected chi connectivity index (χ2v) is 5.10. The Morgan fingerprint density at radius 2 is 2.10 bits per heavy atom. The second kappa shape index (κ2) is 7.50. The summed E-state index contributed by atoms with van der Waals surface area (Å²) in [5.74, 6) is 0.912. The molecule has 1 aromatic rings. The molecule has 2 atom stereocenters. The van der Waals surface area contributed by atoms with Gasteiger partial charge in [-0.15, -0.1) is 12.4 Å². The average molecular weight is 299 g/mol. The number of benzene rings is 1. The quantitative estimate of drug-likeness (QED) is 0.928. The zero-order chi connectivity index (χ0) is 13.8. The normalized spacial score (nSPS) is 19.4. The number of rotatable bonds is 4. The van der Waals surface area contributed by atoms with Crippen molar-refractivity contribution in [1.82, 2.24) is 4.90 Å². The Hall–Kier alpha value is -1.26. The van der Waals surface area contributed by atoms with Gasteiger partial charge in [0.2, 0.25) is 5.91 Å². The summed E-state index contributed by atoms with van der Waals surface area (Å²) in [6.45, 7) is 3.14. The van der Waals surface area contributed by atoms with Crippen LogP contribution >= 0.6 is 12.4 Å². The highest BCUT2D eigenvalue weighted by Crippen LogP contribution is 2.33. The van der Waals surface area contributed by atoms with E-state index in [1.54, 1.807) is 7.11 Å². The highest BCUT2D eigenvalue weighted by Gasteiger charge is 2.31. The molecule has 112 valence electrons. The molecule has 1 aliphatic rings. The molecule has 0 saturated carbocycles. The van der Waals surface area contributed by atoms with Crippen molar-refractivity contribution in [3.63, 3.8) is 0 Å². The summed E-state index contributed by atoms with van der Waals surface area (Å²) < 4.78 is 5.16. The predicted octanol–water partition coefficient (Wildman–Crippen LogP) is 2.38. The van der Waals surface area contributed by atoms with E-state index in [4.69, 9.17) is 10.5 Å². The van der Waals surface area contributed by atoms with Gasteiger partial charge in [-0.1, -0.05) is 19.1 Å². The molecule has 2 N–H and O–H groups in total. The van der Waals surface area contributed by atoms with Crippen LogP contribution in [0, 0.1) is 5.92 Å². The number of hydrogen-bond acceptors (Lipinski definition) is 3. The van der Waals surface area contributed by atoms with Gasteiger partial charge in [-0.3, -0.25) is 4.79 Å². The maximum absolute atomic E-state index is 12.3. The molecule has 2 rings (SSSR count). The van der Waals surface area contributed by atoms with Crippen LogP contribution in [-0.2, 0) is 4.79 Å². The van der Waals surface area contributed by atoms with Crippen molar-refractivity contribution in [3.05, 3.63) is 29.8 Å². The first-order valence-electron chi connectivity index (χ1n) is 6.82. The molecule has 0 spiro atoms. The maximum Gasteiger partial charge on any atom is 0.227 e. The number of nitrogens with two attached hydrogens (primary N) is 1. The number of carbonyl (C=O) groups is 1. The second-order valence-electron chi connectivity index (χ2n) is 5.10. The van der Waals surface area contributed by atoms with Crippen molar-refractivity contribution in [2.45, 2.75) is 25.8 Å². The van der Waals surface area contributed by atoms with Crippen LogP contribution in [-0.4, -0.2) is 31.0 Å². The van der Waals surface area contributed by atoms with E-state index in [1.807, 2.05) is 36.1 Å². The number of carbonyl (C=O) groups excluding carboxylic acids is 1. The molecule has 2 unspecified atom stereocenters. The number of likely N-dealkylation sites (tertiary alicyclic amines) is 1. The predicted molar refractivity (Wildman–Crippen MR) is 82.1 cm³/mol. The first-order chi connectivity index (χ1) is 9.17. The van der Waals surface area contributed by atoms with E-state index in [9.17, 15) is 4.79 Å². The van der Waals surface area contributed by atoms with E-state index >= 15 is 0 Å². The van der Waals surface area contributed by atoms with Crippen LogP contribution in [0.1, 0.15) is 31.4 Å². The Labute approximate surface area is 126 Å². The molecular weight excluding hydrogens is 276 g/mol. The summed E-state index contributed by atoms with van der Waals surface area (Å²) in [5.41, 5.74) is 6.78. The molecule has 1 saturated heterocycles. The lowest BCUT2D eigenvalue weighted by Crippen LogP contribution is -2.37. The summed E-state index contributed by atoms with van der Waals surface area (Å²) in [4.78, 5) is 14.3. The van der Waals surface area contributed by atoms with Gasteiger partial charge in [-0.2, -0.15) is 0 Å². The zero-order valence-electron chi connectivity index (χ0n) is 12.0. The largest absolute Gasteiger partial charge is 0.497 e. The van der Waals surface area contributed by atoms with Gasteiger partial charge in [-0.05, 0) is 30.5 Å². The number of halogens is 1. The van der Waals surface area contributed by atoms with E-state index in [0.717, 1.165) is 25.1 Å².